The van der Waals surface area contributed by atoms with Crippen molar-refractivity contribution in [1.82, 2.24) is 9.78 Å². The van der Waals surface area contributed by atoms with E-state index >= 15 is 0 Å². The van der Waals surface area contributed by atoms with Crippen LogP contribution in [0.25, 0.3) is 0 Å². The monoisotopic (exact) mass is 341 g/mol. The van der Waals surface area contributed by atoms with Crippen LogP contribution in [0.2, 0.25) is 0 Å². The lowest BCUT2D eigenvalue weighted by molar-refractivity contribution is -0.116. The van der Waals surface area contributed by atoms with Crippen LogP contribution in [0.3, 0.4) is 0 Å². The SMILES string of the molecule is CCOC(=O)c1ccc(NC(=O)Cn2cc3c(n2)CCCCC3)cc1. The quantitative estimate of drug-likeness (QED) is 0.670. The molecule has 1 aliphatic carbocycles. The maximum absolute atomic E-state index is 12.2. The Morgan fingerprint density at radius 2 is 1.92 bits per heavy atom. The van der Waals surface area contributed by atoms with E-state index in [1.807, 2.05) is 6.20 Å². The van der Waals surface area contributed by atoms with E-state index in [1.165, 1.54) is 24.8 Å². The fourth-order valence-corrected chi connectivity index (χ4v) is 3.04. The van der Waals surface area contributed by atoms with Gasteiger partial charge in [-0.3, -0.25) is 9.48 Å². The highest BCUT2D eigenvalue weighted by Crippen LogP contribution is 2.19. The third-order valence-corrected chi connectivity index (χ3v) is 4.27. The summed E-state index contributed by atoms with van der Waals surface area (Å²) in [7, 11) is 0. The molecule has 0 saturated heterocycles. The second kappa shape index (κ2) is 7.96. The largest absolute Gasteiger partial charge is 0.462 e. The Kier molecular flexibility index (Phi) is 5.48. The third kappa shape index (κ3) is 4.47. The number of carbonyl (C=O) groups is 2. The van der Waals surface area contributed by atoms with Crippen molar-refractivity contribution in [1.29, 1.82) is 0 Å². The number of aryl methyl sites for hydroxylation is 2. The summed E-state index contributed by atoms with van der Waals surface area (Å²) in [5.41, 5.74) is 3.51. The number of benzene rings is 1. The van der Waals surface area contributed by atoms with Crippen LogP contribution >= 0.6 is 0 Å². The van der Waals surface area contributed by atoms with E-state index in [0.29, 0.717) is 17.9 Å². The Balaban J connectivity index is 1.58. The fourth-order valence-electron chi connectivity index (χ4n) is 3.04. The van der Waals surface area contributed by atoms with Gasteiger partial charge in [0.05, 0.1) is 17.9 Å². The zero-order chi connectivity index (χ0) is 17.6. The topological polar surface area (TPSA) is 73.2 Å². The van der Waals surface area contributed by atoms with E-state index in [-0.39, 0.29) is 18.4 Å². The molecular weight excluding hydrogens is 318 g/mol. The molecule has 25 heavy (non-hydrogen) atoms. The van der Waals surface area contributed by atoms with Crippen molar-refractivity contribution in [2.24, 2.45) is 0 Å². The number of carbonyl (C=O) groups excluding carboxylic acids is 2. The predicted molar refractivity (Wildman–Crippen MR) is 94.5 cm³/mol. The lowest BCUT2D eigenvalue weighted by Gasteiger charge is -2.07. The number of esters is 1. The fraction of sp³-hybridized carbons (Fsp3) is 0.421. The van der Waals surface area contributed by atoms with Gasteiger partial charge in [-0.05, 0) is 62.4 Å². The highest BCUT2D eigenvalue weighted by Gasteiger charge is 2.14. The maximum atomic E-state index is 12.2. The van der Waals surface area contributed by atoms with Crippen LogP contribution in [0.1, 0.15) is 47.8 Å². The first-order chi connectivity index (χ1) is 12.2. The Bertz CT molecular complexity index is 726. The molecule has 0 bridgehead atoms. The molecule has 132 valence electrons. The number of ether oxygens (including phenoxy) is 1. The summed E-state index contributed by atoms with van der Waals surface area (Å²) in [5, 5.41) is 7.37. The van der Waals surface area contributed by atoms with Gasteiger partial charge >= 0.3 is 5.97 Å². The van der Waals surface area contributed by atoms with Crippen molar-refractivity contribution in [2.45, 2.75) is 45.6 Å². The molecule has 6 heteroatoms. The Morgan fingerprint density at radius 1 is 1.16 bits per heavy atom. The van der Waals surface area contributed by atoms with Crippen LogP contribution in [0.15, 0.2) is 30.5 Å². The molecule has 3 rings (SSSR count). The van der Waals surface area contributed by atoms with Gasteiger partial charge in [0.2, 0.25) is 5.91 Å². The normalized spacial score (nSPS) is 13.6. The number of amides is 1. The summed E-state index contributed by atoms with van der Waals surface area (Å²) in [6, 6.07) is 6.68. The molecule has 0 unspecified atom stereocenters. The zero-order valence-electron chi connectivity index (χ0n) is 14.5. The van der Waals surface area contributed by atoms with Gasteiger partial charge in [0, 0.05) is 11.9 Å². The zero-order valence-corrected chi connectivity index (χ0v) is 14.5. The third-order valence-electron chi connectivity index (χ3n) is 4.27. The number of rotatable bonds is 5. The van der Waals surface area contributed by atoms with E-state index < -0.39 is 0 Å². The van der Waals surface area contributed by atoms with Crippen LogP contribution in [-0.2, 0) is 28.9 Å². The molecule has 1 aromatic heterocycles. The average molecular weight is 341 g/mol. The van der Waals surface area contributed by atoms with Crippen LogP contribution in [0.5, 0.6) is 0 Å². The standard InChI is InChI=1S/C19H23N3O3/c1-2-25-19(24)14-8-10-16(11-9-14)20-18(23)13-22-12-15-6-4-3-5-7-17(15)21-22/h8-12H,2-7,13H2,1H3,(H,20,23). The van der Waals surface area contributed by atoms with Crippen molar-refractivity contribution < 1.29 is 14.3 Å². The molecule has 6 nitrogen and oxygen atoms in total. The highest BCUT2D eigenvalue weighted by atomic mass is 16.5. The number of anilines is 1. The summed E-state index contributed by atoms with van der Waals surface area (Å²) in [5.74, 6) is -0.500. The Morgan fingerprint density at radius 3 is 2.68 bits per heavy atom. The van der Waals surface area contributed by atoms with Crippen molar-refractivity contribution >= 4 is 17.6 Å². The van der Waals surface area contributed by atoms with Crippen LogP contribution in [0, 0.1) is 0 Å². The van der Waals surface area contributed by atoms with Crippen molar-refractivity contribution in [3.8, 4) is 0 Å². The number of hydrogen-bond acceptors (Lipinski definition) is 4. The Labute approximate surface area is 147 Å². The van der Waals surface area contributed by atoms with Crippen LogP contribution in [0.4, 0.5) is 5.69 Å². The predicted octanol–water partition coefficient (Wildman–Crippen LogP) is 2.97. The van der Waals surface area contributed by atoms with Gasteiger partial charge in [0.15, 0.2) is 0 Å². The molecule has 0 saturated carbocycles. The Hall–Kier alpha value is -2.63. The summed E-state index contributed by atoms with van der Waals surface area (Å²) in [6.07, 6.45) is 7.65. The van der Waals surface area contributed by atoms with Gasteiger partial charge < -0.3 is 10.1 Å². The first-order valence-corrected chi connectivity index (χ1v) is 8.78. The van der Waals surface area contributed by atoms with Crippen molar-refractivity contribution in [2.75, 3.05) is 11.9 Å². The van der Waals surface area contributed by atoms with E-state index in [1.54, 1.807) is 35.9 Å². The number of nitrogens with zero attached hydrogens (tertiary/aromatic N) is 2. The van der Waals surface area contributed by atoms with Gasteiger partial charge in [0.25, 0.3) is 0 Å². The molecule has 1 heterocycles. The van der Waals surface area contributed by atoms with Crippen LogP contribution in [-0.4, -0.2) is 28.3 Å². The van der Waals surface area contributed by atoms with E-state index in [2.05, 4.69) is 10.4 Å². The van der Waals surface area contributed by atoms with E-state index in [4.69, 9.17) is 4.74 Å². The van der Waals surface area contributed by atoms with E-state index in [9.17, 15) is 9.59 Å². The molecule has 0 atom stereocenters. The van der Waals surface area contributed by atoms with E-state index in [0.717, 1.165) is 18.5 Å². The first-order valence-electron chi connectivity index (χ1n) is 8.78. The lowest BCUT2D eigenvalue weighted by atomic mass is 10.1. The molecule has 2 aromatic rings. The average Bonchev–Trinajstić information content (AvgIpc) is 2.83. The van der Waals surface area contributed by atoms with Gasteiger partial charge in [-0.25, -0.2) is 4.79 Å². The van der Waals surface area contributed by atoms with Gasteiger partial charge in [-0.15, -0.1) is 0 Å². The molecule has 0 radical (unpaired) electrons. The molecule has 1 aromatic carbocycles. The lowest BCUT2D eigenvalue weighted by Crippen LogP contribution is -2.19. The summed E-state index contributed by atoms with van der Waals surface area (Å²) >= 11 is 0. The molecule has 1 aliphatic rings. The van der Waals surface area contributed by atoms with Gasteiger partial charge in [0.1, 0.15) is 6.54 Å². The molecule has 0 spiro atoms. The molecule has 1 N–H and O–H groups in total. The second-order valence-corrected chi connectivity index (χ2v) is 6.21. The summed E-state index contributed by atoms with van der Waals surface area (Å²) in [4.78, 5) is 23.8. The van der Waals surface area contributed by atoms with Crippen molar-refractivity contribution in [3.63, 3.8) is 0 Å². The number of nitrogens with one attached hydrogen (secondary N) is 1. The molecular formula is C19H23N3O3. The van der Waals surface area contributed by atoms with Gasteiger partial charge in [-0.2, -0.15) is 5.10 Å². The molecule has 1 amide bonds. The van der Waals surface area contributed by atoms with Gasteiger partial charge in [-0.1, -0.05) is 6.42 Å². The molecule has 0 fully saturated rings. The second-order valence-electron chi connectivity index (χ2n) is 6.21. The number of aromatic nitrogens is 2. The van der Waals surface area contributed by atoms with Crippen molar-refractivity contribution in [3.05, 3.63) is 47.3 Å². The minimum absolute atomic E-state index is 0.137. The first kappa shape index (κ1) is 17.2. The van der Waals surface area contributed by atoms with Crippen LogP contribution < -0.4 is 5.32 Å². The maximum Gasteiger partial charge on any atom is 0.338 e. The smallest absolute Gasteiger partial charge is 0.338 e. The number of hydrogen-bond donors (Lipinski definition) is 1. The summed E-state index contributed by atoms with van der Waals surface area (Å²) in [6.45, 7) is 2.29. The highest BCUT2D eigenvalue weighted by molar-refractivity contribution is 5.92. The molecule has 0 aliphatic heterocycles. The number of fused-ring (bicyclic) bond motifs is 1. The summed E-state index contributed by atoms with van der Waals surface area (Å²) < 4.78 is 6.66. The minimum Gasteiger partial charge on any atom is -0.462 e. The minimum atomic E-state index is -0.363.